The SMILES string of the molecule is COc1cc(Nc2nc3cc(C)ccc3o2)ccc1-c1cnco1. The Kier molecular flexibility index (Phi) is 3.42. The van der Waals surface area contributed by atoms with E-state index in [1.54, 1.807) is 13.3 Å². The summed E-state index contributed by atoms with van der Waals surface area (Å²) in [6.45, 7) is 2.02. The van der Waals surface area contributed by atoms with Crippen LogP contribution >= 0.6 is 0 Å². The molecule has 1 N–H and O–H groups in total. The Morgan fingerprint density at radius 3 is 2.83 bits per heavy atom. The zero-order valence-corrected chi connectivity index (χ0v) is 13.2. The molecule has 2 aromatic carbocycles. The largest absolute Gasteiger partial charge is 0.496 e. The van der Waals surface area contributed by atoms with Crippen LogP contribution in [0.3, 0.4) is 0 Å². The summed E-state index contributed by atoms with van der Waals surface area (Å²) in [5.74, 6) is 1.32. The number of benzene rings is 2. The van der Waals surface area contributed by atoms with E-state index < -0.39 is 0 Å². The monoisotopic (exact) mass is 321 g/mol. The van der Waals surface area contributed by atoms with Gasteiger partial charge in [0.15, 0.2) is 17.7 Å². The quantitative estimate of drug-likeness (QED) is 0.594. The minimum atomic E-state index is 0.435. The first-order valence-electron chi connectivity index (χ1n) is 7.44. The van der Waals surface area contributed by atoms with Crippen LogP contribution in [0.15, 0.2) is 57.8 Å². The smallest absolute Gasteiger partial charge is 0.300 e. The van der Waals surface area contributed by atoms with E-state index in [2.05, 4.69) is 15.3 Å². The number of aromatic nitrogens is 2. The van der Waals surface area contributed by atoms with E-state index in [-0.39, 0.29) is 0 Å². The second-order valence-corrected chi connectivity index (χ2v) is 5.40. The molecule has 0 aliphatic heterocycles. The van der Waals surface area contributed by atoms with Gasteiger partial charge in [0, 0.05) is 11.8 Å². The Labute approximate surface area is 138 Å². The van der Waals surface area contributed by atoms with Crippen molar-refractivity contribution in [2.45, 2.75) is 6.92 Å². The molecule has 0 aliphatic carbocycles. The average molecular weight is 321 g/mol. The van der Waals surface area contributed by atoms with E-state index in [4.69, 9.17) is 13.6 Å². The molecular formula is C18H15N3O3. The molecule has 0 saturated heterocycles. The molecule has 0 atom stereocenters. The van der Waals surface area contributed by atoms with E-state index in [0.29, 0.717) is 17.5 Å². The highest BCUT2D eigenvalue weighted by molar-refractivity contribution is 5.77. The molecule has 0 amide bonds. The predicted molar refractivity (Wildman–Crippen MR) is 90.5 cm³/mol. The van der Waals surface area contributed by atoms with Gasteiger partial charge in [-0.25, -0.2) is 4.98 Å². The van der Waals surface area contributed by atoms with Gasteiger partial charge in [-0.05, 0) is 36.8 Å². The lowest BCUT2D eigenvalue weighted by Gasteiger charge is -2.08. The zero-order chi connectivity index (χ0) is 16.5. The van der Waals surface area contributed by atoms with Gasteiger partial charge in [-0.1, -0.05) is 6.07 Å². The minimum Gasteiger partial charge on any atom is -0.496 e. The van der Waals surface area contributed by atoms with Crippen LogP contribution in [-0.4, -0.2) is 17.1 Å². The lowest BCUT2D eigenvalue weighted by Crippen LogP contribution is -1.93. The molecule has 120 valence electrons. The first-order chi connectivity index (χ1) is 11.7. The maximum Gasteiger partial charge on any atom is 0.300 e. The van der Waals surface area contributed by atoms with Crippen LogP contribution in [0, 0.1) is 6.92 Å². The third kappa shape index (κ3) is 2.58. The zero-order valence-electron chi connectivity index (χ0n) is 13.2. The fourth-order valence-electron chi connectivity index (χ4n) is 2.54. The number of methoxy groups -OCH3 is 1. The molecule has 6 heteroatoms. The van der Waals surface area contributed by atoms with Crippen molar-refractivity contribution in [1.29, 1.82) is 0 Å². The molecule has 6 nitrogen and oxygen atoms in total. The van der Waals surface area contributed by atoms with Gasteiger partial charge in [-0.3, -0.25) is 0 Å². The lowest BCUT2D eigenvalue weighted by molar-refractivity contribution is 0.415. The molecule has 0 aliphatic rings. The van der Waals surface area contributed by atoms with Gasteiger partial charge in [-0.15, -0.1) is 0 Å². The van der Waals surface area contributed by atoms with Crippen LogP contribution in [-0.2, 0) is 0 Å². The van der Waals surface area contributed by atoms with E-state index in [9.17, 15) is 0 Å². The highest BCUT2D eigenvalue weighted by Gasteiger charge is 2.12. The van der Waals surface area contributed by atoms with Gasteiger partial charge in [-0.2, -0.15) is 4.98 Å². The van der Waals surface area contributed by atoms with Crippen molar-refractivity contribution in [3.8, 4) is 17.1 Å². The van der Waals surface area contributed by atoms with Crippen molar-refractivity contribution in [3.63, 3.8) is 0 Å². The van der Waals surface area contributed by atoms with E-state index >= 15 is 0 Å². The number of nitrogens with zero attached hydrogens (tertiary/aromatic N) is 2. The number of nitrogens with one attached hydrogen (secondary N) is 1. The van der Waals surface area contributed by atoms with Gasteiger partial charge in [0.05, 0.1) is 18.9 Å². The van der Waals surface area contributed by atoms with Crippen molar-refractivity contribution >= 4 is 22.8 Å². The van der Waals surface area contributed by atoms with E-state index in [1.807, 2.05) is 43.3 Å². The van der Waals surface area contributed by atoms with Crippen molar-refractivity contribution in [2.24, 2.45) is 0 Å². The second kappa shape index (κ2) is 5.73. The summed E-state index contributed by atoms with van der Waals surface area (Å²) in [7, 11) is 1.61. The number of oxazole rings is 2. The summed E-state index contributed by atoms with van der Waals surface area (Å²) in [6.07, 6.45) is 3.04. The van der Waals surface area contributed by atoms with E-state index in [1.165, 1.54) is 6.39 Å². The molecule has 4 aromatic rings. The van der Waals surface area contributed by atoms with Crippen molar-refractivity contribution < 1.29 is 13.6 Å². The second-order valence-electron chi connectivity index (χ2n) is 5.40. The summed E-state index contributed by atoms with van der Waals surface area (Å²) < 4.78 is 16.5. The Balaban J connectivity index is 1.66. The maximum atomic E-state index is 5.71. The summed E-state index contributed by atoms with van der Waals surface area (Å²) in [5.41, 5.74) is 4.34. The number of fused-ring (bicyclic) bond motifs is 1. The third-order valence-electron chi connectivity index (χ3n) is 3.69. The minimum absolute atomic E-state index is 0.435. The number of hydrogen-bond acceptors (Lipinski definition) is 6. The predicted octanol–water partition coefficient (Wildman–Crippen LogP) is 4.54. The van der Waals surface area contributed by atoms with E-state index in [0.717, 1.165) is 27.9 Å². The van der Waals surface area contributed by atoms with Crippen LogP contribution in [0.25, 0.3) is 22.4 Å². The van der Waals surface area contributed by atoms with Crippen molar-refractivity contribution in [3.05, 3.63) is 54.6 Å². The molecule has 2 aromatic heterocycles. The summed E-state index contributed by atoms with van der Waals surface area (Å²) in [4.78, 5) is 8.38. The van der Waals surface area contributed by atoms with Gasteiger partial charge >= 0.3 is 0 Å². The fraction of sp³-hybridized carbons (Fsp3) is 0.111. The van der Waals surface area contributed by atoms with Crippen LogP contribution in [0.5, 0.6) is 5.75 Å². The first-order valence-corrected chi connectivity index (χ1v) is 7.44. The Bertz CT molecular complexity index is 990. The summed E-state index contributed by atoms with van der Waals surface area (Å²) in [5, 5.41) is 3.16. The normalized spacial score (nSPS) is 10.9. The van der Waals surface area contributed by atoms with Crippen LogP contribution in [0.1, 0.15) is 5.56 Å². The molecule has 0 bridgehead atoms. The number of anilines is 2. The summed E-state index contributed by atoms with van der Waals surface area (Å²) in [6, 6.07) is 12.0. The lowest BCUT2D eigenvalue weighted by atomic mass is 10.1. The van der Waals surface area contributed by atoms with Crippen molar-refractivity contribution in [2.75, 3.05) is 12.4 Å². The Morgan fingerprint density at radius 1 is 1.12 bits per heavy atom. The third-order valence-corrected chi connectivity index (χ3v) is 3.69. The molecule has 4 rings (SSSR count). The molecule has 0 spiro atoms. The molecule has 24 heavy (non-hydrogen) atoms. The van der Waals surface area contributed by atoms with Crippen LogP contribution < -0.4 is 10.1 Å². The van der Waals surface area contributed by atoms with Gasteiger partial charge in [0.1, 0.15) is 11.3 Å². The molecule has 0 fully saturated rings. The molecule has 2 heterocycles. The number of hydrogen-bond donors (Lipinski definition) is 1. The average Bonchev–Trinajstić information content (AvgIpc) is 3.23. The molecular weight excluding hydrogens is 306 g/mol. The number of ether oxygens (including phenoxy) is 1. The number of aryl methyl sites for hydroxylation is 1. The van der Waals surface area contributed by atoms with Gasteiger partial charge in [0.2, 0.25) is 0 Å². The van der Waals surface area contributed by atoms with Gasteiger partial charge in [0.25, 0.3) is 6.01 Å². The highest BCUT2D eigenvalue weighted by Crippen LogP contribution is 2.33. The van der Waals surface area contributed by atoms with Crippen LogP contribution in [0.2, 0.25) is 0 Å². The fourth-order valence-corrected chi connectivity index (χ4v) is 2.54. The first kappa shape index (κ1) is 14.3. The van der Waals surface area contributed by atoms with Crippen molar-refractivity contribution in [1.82, 2.24) is 9.97 Å². The molecule has 0 saturated carbocycles. The Morgan fingerprint density at radius 2 is 2.04 bits per heavy atom. The topological polar surface area (TPSA) is 73.3 Å². The Hall–Kier alpha value is -3.28. The standard InChI is InChI=1S/C18H15N3O3/c1-11-3-6-15-14(7-11)21-18(24-15)20-12-4-5-13(16(8-12)22-2)17-9-19-10-23-17/h3-10H,1-2H3,(H,20,21). The highest BCUT2D eigenvalue weighted by atomic mass is 16.5. The number of rotatable bonds is 4. The summed E-state index contributed by atoms with van der Waals surface area (Å²) >= 11 is 0. The maximum absolute atomic E-state index is 5.71. The molecule has 0 radical (unpaired) electrons. The molecule has 0 unspecified atom stereocenters. The van der Waals surface area contributed by atoms with Gasteiger partial charge < -0.3 is 18.9 Å². The van der Waals surface area contributed by atoms with Crippen LogP contribution in [0.4, 0.5) is 11.7 Å².